The van der Waals surface area contributed by atoms with Crippen molar-refractivity contribution >= 4 is 12.2 Å². The molecule has 0 aromatic carbocycles. The molecule has 0 saturated heterocycles. The number of H-pyrrole nitrogens is 1. The van der Waals surface area contributed by atoms with Gasteiger partial charge in [0.05, 0.1) is 6.10 Å². The lowest BCUT2D eigenvalue weighted by atomic mass is 10.2. The van der Waals surface area contributed by atoms with Gasteiger partial charge in [0, 0.05) is 24.4 Å². The standard InChI is InChI=1S/C13H20N2O2S/c1-9(2)17-8-4-7-15-11-6-3-5-10(11)12(18)14-13(15)16/h9H,3-8H2,1-2H3,(H,14,16,18). The Hall–Kier alpha value is -0.940. The zero-order chi connectivity index (χ0) is 13.1. The Bertz CT molecular complexity index is 531. The fraction of sp³-hybridized carbons (Fsp3) is 0.692. The summed E-state index contributed by atoms with van der Waals surface area (Å²) in [6.45, 7) is 5.43. The van der Waals surface area contributed by atoms with E-state index in [9.17, 15) is 4.79 Å². The summed E-state index contributed by atoms with van der Waals surface area (Å²) in [5.74, 6) is 0. The maximum atomic E-state index is 11.9. The molecule has 100 valence electrons. The number of nitrogens with zero attached hydrogens (tertiary/aromatic N) is 1. The number of ether oxygens (including phenoxy) is 1. The molecule has 0 fully saturated rings. The Labute approximate surface area is 112 Å². The van der Waals surface area contributed by atoms with Crippen LogP contribution in [0.25, 0.3) is 0 Å². The summed E-state index contributed by atoms with van der Waals surface area (Å²) in [7, 11) is 0. The molecule has 0 spiro atoms. The summed E-state index contributed by atoms with van der Waals surface area (Å²) >= 11 is 5.20. The van der Waals surface area contributed by atoms with E-state index >= 15 is 0 Å². The lowest BCUT2D eigenvalue weighted by molar-refractivity contribution is 0.0745. The number of hydrogen-bond acceptors (Lipinski definition) is 3. The first-order valence-electron chi connectivity index (χ1n) is 6.56. The van der Waals surface area contributed by atoms with Crippen LogP contribution in [-0.4, -0.2) is 22.3 Å². The first kappa shape index (κ1) is 13.5. The molecule has 0 radical (unpaired) electrons. The van der Waals surface area contributed by atoms with Crippen molar-refractivity contribution in [1.29, 1.82) is 0 Å². The van der Waals surface area contributed by atoms with Crippen molar-refractivity contribution in [2.24, 2.45) is 0 Å². The van der Waals surface area contributed by atoms with Crippen molar-refractivity contribution in [3.05, 3.63) is 26.4 Å². The zero-order valence-corrected chi connectivity index (χ0v) is 11.8. The molecule has 1 aliphatic carbocycles. The van der Waals surface area contributed by atoms with Gasteiger partial charge in [0.2, 0.25) is 0 Å². The van der Waals surface area contributed by atoms with Crippen LogP contribution in [0.2, 0.25) is 0 Å². The van der Waals surface area contributed by atoms with Gasteiger partial charge in [-0.05, 0) is 39.5 Å². The van der Waals surface area contributed by atoms with E-state index in [4.69, 9.17) is 17.0 Å². The molecule has 0 unspecified atom stereocenters. The van der Waals surface area contributed by atoms with Gasteiger partial charge < -0.3 is 4.74 Å². The van der Waals surface area contributed by atoms with Crippen LogP contribution >= 0.6 is 12.2 Å². The summed E-state index contributed by atoms with van der Waals surface area (Å²) in [5.41, 5.74) is 2.22. The molecular formula is C13H20N2O2S. The maximum absolute atomic E-state index is 11.9. The highest BCUT2D eigenvalue weighted by Crippen LogP contribution is 2.20. The van der Waals surface area contributed by atoms with E-state index in [1.165, 1.54) is 0 Å². The molecule has 0 aliphatic heterocycles. The summed E-state index contributed by atoms with van der Waals surface area (Å²) in [4.78, 5) is 14.7. The average Bonchev–Trinajstić information content (AvgIpc) is 2.76. The van der Waals surface area contributed by atoms with E-state index in [1.54, 1.807) is 0 Å². The fourth-order valence-electron chi connectivity index (χ4n) is 2.41. The molecule has 4 nitrogen and oxygen atoms in total. The molecular weight excluding hydrogens is 248 g/mol. The lowest BCUT2D eigenvalue weighted by Gasteiger charge is -2.12. The van der Waals surface area contributed by atoms with Gasteiger partial charge in [-0.25, -0.2) is 4.79 Å². The Kier molecular flexibility index (Phi) is 4.35. The van der Waals surface area contributed by atoms with Crippen LogP contribution in [0.4, 0.5) is 0 Å². The number of nitrogens with one attached hydrogen (secondary N) is 1. The predicted octanol–water partition coefficient (Wildman–Crippen LogP) is 2.21. The fourth-order valence-corrected chi connectivity index (χ4v) is 2.72. The second-order valence-electron chi connectivity index (χ2n) is 4.96. The third-order valence-corrected chi connectivity index (χ3v) is 3.58. The zero-order valence-electron chi connectivity index (χ0n) is 11.0. The van der Waals surface area contributed by atoms with Crippen molar-refractivity contribution < 1.29 is 4.74 Å². The predicted molar refractivity (Wildman–Crippen MR) is 73.6 cm³/mol. The van der Waals surface area contributed by atoms with Crippen LogP contribution in [0.5, 0.6) is 0 Å². The van der Waals surface area contributed by atoms with Crippen molar-refractivity contribution in [3.63, 3.8) is 0 Å². The lowest BCUT2D eigenvalue weighted by Crippen LogP contribution is -2.27. The van der Waals surface area contributed by atoms with E-state index in [0.717, 1.165) is 36.9 Å². The number of hydrogen-bond donors (Lipinski definition) is 1. The molecule has 5 heteroatoms. The van der Waals surface area contributed by atoms with E-state index in [0.29, 0.717) is 17.8 Å². The SMILES string of the molecule is CC(C)OCCCn1c2c(c(=S)[nH]c1=O)CCC2. The molecule has 1 heterocycles. The normalized spacial score (nSPS) is 14.2. The Morgan fingerprint density at radius 2 is 2.22 bits per heavy atom. The number of rotatable bonds is 5. The Morgan fingerprint density at radius 1 is 1.44 bits per heavy atom. The van der Waals surface area contributed by atoms with Gasteiger partial charge in [-0.15, -0.1) is 0 Å². The molecule has 0 saturated carbocycles. The number of aromatic nitrogens is 2. The van der Waals surface area contributed by atoms with Gasteiger partial charge in [0.25, 0.3) is 0 Å². The molecule has 1 aliphatic rings. The minimum Gasteiger partial charge on any atom is -0.379 e. The second-order valence-corrected chi connectivity index (χ2v) is 5.37. The van der Waals surface area contributed by atoms with Crippen molar-refractivity contribution in [2.45, 2.75) is 52.2 Å². The van der Waals surface area contributed by atoms with E-state index in [-0.39, 0.29) is 11.8 Å². The molecule has 1 N–H and O–H groups in total. The molecule has 18 heavy (non-hydrogen) atoms. The van der Waals surface area contributed by atoms with Crippen LogP contribution < -0.4 is 5.69 Å². The minimum atomic E-state index is -0.0785. The van der Waals surface area contributed by atoms with Crippen LogP contribution in [0.1, 0.15) is 37.9 Å². The van der Waals surface area contributed by atoms with Crippen molar-refractivity contribution in [2.75, 3.05) is 6.61 Å². The molecule has 0 amide bonds. The molecule has 0 atom stereocenters. The summed E-state index contributed by atoms with van der Waals surface area (Å²) in [6.07, 6.45) is 4.16. The highest BCUT2D eigenvalue weighted by Gasteiger charge is 2.17. The molecule has 1 aromatic heterocycles. The van der Waals surface area contributed by atoms with Crippen molar-refractivity contribution in [1.82, 2.24) is 9.55 Å². The highest BCUT2D eigenvalue weighted by atomic mass is 32.1. The summed E-state index contributed by atoms with van der Waals surface area (Å²) < 4.78 is 7.96. The van der Waals surface area contributed by atoms with E-state index in [1.807, 2.05) is 18.4 Å². The van der Waals surface area contributed by atoms with E-state index < -0.39 is 0 Å². The number of fused-ring (bicyclic) bond motifs is 1. The van der Waals surface area contributed by atoms with Crippen LogP contribution in [0.15, 0.2) is 4.79 Å². The molecule has 0 bridgehead atoms. The van der Waals surface area contributed by atoms with Gasteiger partial charge in [0.15, 0.2) is 0 Å². The maximum Gasteiger partial charge on any atom is 0.326 e. The largest absolute Gasteiger partial charge is 0.379 e. The van der Waals surface area contributed by atoms with Gasteiger partial charge in [-0.3, -0.25) is 9.55 Å². The second kappa shape index (κ2) is 5.80. The summed E-state index contributed by atoms with van der Waals surface area (Å²) in [5, 5.41) is 0. The number of aromatic amines is 1. The summed E-state index contributed by atoms with van der Waals surface area (Å²) in [6, 6.07) is 0. The van der Waals surface area contributed by atoms with Crippen LogP contribution in [0.3, 0.4) is 0 Å². The third-order valence-electron chi connectivity index (χ3n) is 3.23. The average molecular weight is 268 g/mol. The topological polar surface area (TPSA) is 47.0 Å². The Morgan fingerprint density at radius 3 is 2.94 bits per heavy atom. The van der Waals surface area contributed by atoms with Gasteiger partial charge >= 0.3 is 5.69 Å². The first-order chi connectivity index (χ1) is 8.59. The first-order valence-corrected chi connectivity index (χ1v) is 6.97. The van der Waals surface area contributed by atoms with E-state index in [2.05, 4.69) is 4.98 Å². The smallest absolute Gasteiger partial charge is 0.326 e. The minimum absolute atomic E-state index is 0.0785. The quantitative estimate of drug-likeness (QED) is 0.658. The van der Waals surface area contributed by atoms with Gasteiger partial charge in [-0.1, -0.05) is 12.2 Å². The van der Waals surface area contributed by atoms with Gasteiger partial charge in [-0.2, -0.15) is 0 Å². The van der Waals surface area contributed by atoms with Crippen molar-refractivity contribution in [3.8, 4) is 0 Å². The highest BCUT2D eigenvalue weighted by molar-refractivity contribution is 7.71. The third kappa shape index (κ3) is 2.90. The Balaban J connectivity index is 2.11. The monoisotopic (exact) mass is 268 g/mol. The molecule has 2 rings (SSSR count). The van der Waals surface area contributed by atoms with Crippen LogP contribution in [0, 0.1) is 4.64 Å². The van der Waals surface area contributed by atoms with Gasteiger partial charge in [0.1, 0.15) is 4.64 Å². The molecule has 1 aromatic rings. The van der Waals surface area contributed by atoms with Crippen LogP contribution in [-0.2, 0) is 24.1 Å².